The fourth-order valence-electron chi connectivity index (χ4n) is 3.13. The Morgan fingerprint density at radius 2 is 2.22 bits per heavy atom. The monoisotopic (exact) mass is 245 g/mol. The normalized spacial score (nSPS) is 23.9. The van der Waals surface area contributed by atoms with Crippen molar-refractivity contribution < 1.29 is 4.74 Å². The number of hydrogen-bond acceptors (Lipinski definition) is 2. The van der Waals surface area contributed by atoms with Gasteiger partial charge in [-0.05, 0) is 74.7 Å². The third-order valence-corrected chi connectivity index (χ3v) is 4.15. The van der Waals surface area contributed by atoms with Crippen LogP contribution in [0, 0.1) is 5.92 Å². The molecule has 1 aromatic rings. The average molecular weight is 245 g/mol. The van der Waals surface area contributed by atoms with E-state index in [9.17, 15) is 0 Å². The van der Waals surface area contributed by atoms with Crippen molar-refractivity contribution in [3.8, 4) is 5.75 Å². The summed E-state index contributed by atoms with van der Waals surface area (Å²) in [5.41, 5.74) is 2.92. The number of rotatable bonds is 2. The van der Waals surface area contributed by atoms with Crippen molar-refractivity contribution in [2.75, 3.05) is 19.7 Å². The second-order valence-corrected chi connectivity index (χ2v) is 5.66. The molecule has 1 atom stereocenters. The van der Waals surface area contributed by atoms with Crippen molar-refractivity contribution in [2.24, 2.45) is 5.92 Å². The largest absolute Gasteiger partial charge is 0.493 e. The number of fused-ring (bicyclic) bond motifs is 1. The van der Waals surface area contributed by atoms with E-state index in [1.165, 1.54) is 62.7 Å². The molecule has 1 fully saturated rings. The van der Waals surface area contributed by atoms with E-state index in [2.05, 4.69) is 23.5 Å². The lowest BCUT2D eigenvalue weighted by atomic mass is 9.91. The van der Waals surface area contributed by atoms with Crippen LogP contribution < -0.4 is 10.1 Å². The van der Waals surface area contributed by atoms with E-state index in [-0.39, 0.29) is 0 Å². The van der Waals surface area contributed by atoms with Crippen LogP contribution in [-0.4, -0.2) is 19.7 Å². The Hall–Kier alpha value is -1.02. The molecule has 0 saturated carbocycles. The van der Waals surface area contributed by atoms with Gasteiger partial charge in [-0.3, -0.25) is 0 Å². The van der Waals surface area contributed by atoms with Gasteiger partial charge in [0.15, 0.2) is 0 Å². The van der Waals surface area contributed by atoms with Crippen LogP contribution in [0.2, 0.25) is 0 Å². The molecule has 0 bridgehead atoms. The first-order valence-corrected chi connectivity index (χ1v) is 7.37. The molecule has 0 amide bonds. The predicted octanol–water partition coefficient (Wildman–Crippen LogP) is 2.94. The average Bonchev–Trinajstić information content (AvgIpc) is 2.64. The summed E-state index contributed by atoms with van der Waals surface area (Å²) in [6.45, 7) is 3.28. The molecule has 0 radical (unpaired) electrons. The summed E-state index contributed by atoms with van der Waals surface area (Å²) in [6, 6.07) is 6.83. The van der Waals surface area contributed by atoms with Crippen LogP contribution in [0.15, 0.2) is 18.2 Å². The van der Waals surface area contributed by atoms with E-state index in [4.69, 9.17) is 4.74 Å². The van der Waals surface area contributed by atoms with Crippen molar-refractivity contribution >= 4 is 0 Å². The van der Waals surface area contributed by atoms with Crippen molar-refractivity contribution in [3.63, 3.8) is 0 Å². The zero-order chi connectivity index (χ0) is 12.2. The minimum atomic E-state index is 0.823. The number of benzene rings is 1. The summed E-state index contributed by atoms with van der Waals surface area (Å²) < 4.78 is 5.78. The summed E-state index contributed by atoms with van der Waals surface area (Å²) in [7, 11) is 0. The first kappa shape index (κ1) is 12.0. The van der Waals surface area contributed by atoms with Gasteiger partial charge in [-0.1, -0.05) is 12.1 Å². The molecule has 18 heavy (non-hydrogen) atoms. The Kier molecular flexibility index (Phi) is 3.84. The topological polar surface area (TPSA) is 21.3 Å². The molecular weight excluding hydrogens is 222 g/mol. The van der Waals surface area contributed by atoms with Gasteiger partial charge in [0.05, 0.1) is 6.61 Å². The van der Waals surface area contributed by atoms with Crippen molar-refractivity contribution in [1.82, 2.24) is 5.32 Å². The summed E-state index contributed by atoms with van der Waals surface area (Å²) in [5.74, 6) is 1.95. The van der Waals surface area contributed by atoms with Crippen molar-refractivity contribution in [2.45, 2.75) is 38.5 Å². The Balaban J connectivity index is 1.70. The van der Waals surface area contributed by atoms with Gasteiger partial charge in [0.25, 0.3) is 0 Å². The highest BCUT2D eigenvalue weighted by Crippen LogP contribution is 2.27. The second-order valence-electron chi connectivity index (χ2n) is 5.66. The molecule has 98 valence electrons. The van der Waals surface area contributed by atoms with Gasteiger partial charge in [0, 0.05) is 0 Å². The van der Waals surface area contributed by atoms with Crippen LogP contribution >= 0.6 is 0 Å². The predicted molar refractivity (Wildman–Crippen MR) is 74.2 cm³/mol. The lowest BCUT2D eigenvalue weighted by Crippen LogP contribution is -2.30. The molecule has 1 aromatic carbocycles. The Labute approximate surface area is 110 Å². The Bertz CT molecular complexity index is 396. The van der Waals surface area contributed by atoms with Gasteiger partial charge in [0.1, 0.15) is 5.75 Å². The summed E-state index contributed by atoms with van der Waals surface area (Å²) in [4.78, 5) is 0. The first-order valence-electron chi connectivity index (χ1n) is 7.37. The van der Waals surface area contributed by atoms with Gasteiger partial charge in [-0.25, -0.2) is 0 Å². The van der Waals surface area contributed by atoms with E-state index in [0.29, 0.717) is 0 Å². The van der Waals surface area contributed by atoms with Crippen molar-refractivity contribution in [3.05, 3.63) is 29.3 Å². The molecule has 2 heterocycles. The van der Waals surface area contributed by atoms with Gasteiger partial charge >= 0.3 is 0 Å². The van der Waals surface area contributed by atoms with Gasteiger partial charge < -0.3 is 10.1 Å². The highest BCUT2D eigenvalue weighted by atomic mass is 16.5. The first-order chi connectivity index (χ1) is 8.92. The van der Waals surface area contributed by atoms with E-state index in [0.717, 1.165) is 18.3 Å². The van der Waals surface area contributed by atoms with Gasteiger partial charge in [-0.2, -0.15) is 0 Å². The maximum absolute atomic E-state index is 5.78. The fourth-order valence-corrected chi connectivity index (χ4v) is 3.13. The molecular formula is C16H23NO. The van der Waals surface area contributed by atoms with Crippen LogP contribution in [0.4, 0.5) is 0 Å². The highest BCUT2D eigenvalue weighted by molar-refractivity contribution is 5.38. The summed E-state index contributed by atoms with van der Waals surface area (Å²) >= 11 is 0. The Morgan fingerprint density at radius 3 is 3.11 bits per heavy atom. The van der Waals surface area contributed by atoms with Crippen LogP contribution in [-0.2, 0) is 12.8 Å². The van der Waals surface area contributed by atoms with Crippen molar-refractivity contribution in [1.29, 1.82) is 0 Å². The van der Waals surface area contributed by atoms with Crippen LogP contribution in [0.3, 0.4) is 0 Å². The minimum Gasteiger partial charge on any atom is -0.493 e. The van der Waals surface area contributed by atoms with Crippen LogP contribution in [0.5, 0.6) is 5.75 Å². The SMILES string of the molecule is c1cc2c(cc1CC1CCCNC1)CCCCO2. The van der Waals surface area contributed by atoms with E-state index >= 15 is 0 Å². The smallest absolute Gasteiger partial charge is 0.122 e. The molecule has 0 aromatic heterocycles. The number of ether oxygens (including phenoxy) is 1. The van der Waals surface area contributed by atoms with E-state index < -0.39 is 0 Å². The third kappa shape index (κ3) is 2.86. The van der Waals surface area contributed by atoms with Crippen LogP contribution in [0.25, 0.3) is 0 Å². The molecule has 0 aliphatic carbocycles. The fraction of sp³-hybridized carbons (Fsp3) is 0.625. The van der Waals surface area contributed by atoms with E-state index in [1.807, 2.05) is 0 Å². The molecule has 2 nitrogen and oxygen atoms in total. The lowest BCUT2D eigenvalue weighted by molar-refractivity contribution is 0.316. The number of piperidine rings is 1. The minimum absolute atomic E-state index is 0.823. The maximum atomic E-state index is 5.78. The van der Waals surface area contributed by atoms with Gasteiger partial charge in [0.2, 0.25) is 0 Å². The van der Waals surface area contributed by atoms with Gasteiger partial charge in [-0.15, -0.1) is 0 Å². The second kappa shape index (κ2) is 5.75. The number of nitrogens with one attached hydrogen (secondary N) is 1. The Morgan fingerprint density at radius 1 is 1.22 bits per heavy atom. The molecule has 3 rings (SSSR count). The quantitative estimate of drug-likeness (QED) is 0.865. The standard InChI is InChI=1S/C16H23NO/c1-2-9-18-16-7-6-13(11-15(16)5-1)10-14-4-3-8-17-12-14/h6-7,11,14,17H,1-5,8-10,12H2. The number of hydrogen-bond donors (Lipinski definition) is 1. The highest BCUT2D eigenvalue weighted by Gasteiger charge is 2.15. The molecule has 1 saturated heterocycles. The maximum Gasteiger partial charge on any atom is 0.122 e. The molecule has 1 unspecified atom stereocenters. The molecule has 2 aliphatic heterocycles. The van der Waals surface area contributed by atoms with Crippen LogP contribution in [0.1, 0.15) is 36.8 Å². The lowest BCUT2D eigenvalue weighted by Gasteiger charge is -2.23. The molecule has 0 spiro atoms. The number of aryl methyl sites for hydroxylation is 1. The molecule has 1 N–H and O–H groups in total. The summed E-state index contributed by atoms with van der Waals surface area (Å²) in [5, 5.41) is 3.50. The molecule has 2 aliphatic rings. The zero-order valence-electron chi connectivity index (χ0n) is 11.1. The van der Waals surface area contributed by atoms with E-state index in [1.54, 1.807) is 0 Å². The summed E-state index contributed by atoms with van der Waals surface area (Å²) in [6.07, 6.45) is 7.57. The third-order valence-electron chi connectivity index (χ3n) is 4.15. The zero-order valence-corrected chi connectivity index (χ0v) is 11.1. The molecule has 2 heteroatoms.